The van der Waals surface area contributed by atoms with Gasteiger partial charge in [0.1, 0.15) is 0 Å². The second-order valence-electron chi connectivity index (χ2n) is 3.27. The van der Waals surface area contributed by atoms with Gasteiger partial charge in [-0.25, -0.2) is 8.42 Å². The molecule has 0 radical (unpaired) electrons. The van der Waals surface area contributed by atoms with E-state index in [9.17, 15) is 8.42 Å². The number of sulfonamides is 1. The van der Waals surface area contributed by atoms with Gasteiger partial charge >= 0.3 is 0 Å². The van der Waals surface area contributed by atoms with Crippen molar-refractivity contribution in [2.75, 3.05) is 16.4 Å². The summed E-state index contributed by atoms with van der Waals surface area (Å²) < 4.78 is 25.6. The van der Waals surface area contributed by atoms with E-state index in [1.807, 2.05) is 0 Å². The summed E-state index contributed by atoms with van der Waals surface area (Å²) >= 11 is 5.44. The van der Waals surface area contributed by atoms with Crippen LogP contribution in [0.5, 0.6) is 0 Å². The highest BCUT2D eigenvalue weighted by atomic mass is 35.5. The Morgan fingerprint density at radius 1 is 1.47 bits per heavy atom. The van der Waals surface area contributed by atoms with E-state index >= 15 is 0 Å². The Labute approximate surface area is 94.3 Å². The minimum absolute atomic E-state index is 0.0283. The zero-order valence-corrected chi connectivity index (χ0v) is 10.2. The number of halogens is 1. The first-order valence-electron chi connectivity index (χ1n) is 4.54. The van der Waals surface area contributed by atoms with Gasteiger partial charge in [0.15, 0.2) is 0 Å². The molecule has 5 nitrogen and oxygen atoms in total. The van der Waals surface area contributed by atoms with Crippen molar-refractivity contribution >= 4 is 27.3 Å². The number of aromatic amines is 1. The zero-order chi connectivity index (χ0) is 11.5. The molecule has 0 aliphatic carbocycles. The molecule has 0 bridgehead atoms. The standard InChI is InChI=1S/C8H14ClN3O2S/c1-6-8(7(2)11-10-6)12-15(13,14)5-3-4-9/h12H,3-5H2,1-2H3,(H,10,11). The molecule has 0 saturated carbocycles. The lowest BCUT2D eigenvalue weighted by Gasteiger charge is -2.06. The molecule has 2 N–H and O–H groups in total. The maximum absolute atomic E-state index is 11.5. The number of hydrogen-bond acceptors (Lipinski definition) is 3. The van der Waals surface area contributed by atoms with Crippen molar-refractivity contribution in [1.29, 1.82) is 0 Å². The van der Waals surface area contributed by atoms with Crippen molar-refractivity contribution in [3.8, 4) is 0 Å². The Morgan fingerprint density at radius 2 is 2.13 bits per heavy atom. The summed E-state index contributed by atoms with van der Waals surface area (Å²) in [7, 11) is -3.31. The number of nitrogens with zero attached hydrogens (tertiary/aromatic N) is 1. The molecular weight excluding hydrogens is 238 g/mol. The van der Waals surface area contributed by atoms with Crippen LogP contribution in [-0.2, 0) is 10.0 Å². The van der Waals surface area contributed by atoms with E-state index in [0.717, 1.165) is 0 Å². The number of nitrogens with one attached hydrogen (secondary N) is 2. The van der Waals surface area contributed by atoms with Crippen molar-refractivity contribution in [1.82, 2.24) is 10.2 Å². The van der Waals surface area contributed by atoms with Gasteiger partial charge in [-0.1, -0.05) is 0 Å². The van der Waals surface area contributed by atoms with E-state index in [2.05, 4.69) is 14.9 Å². The normalized spacial score (nSPS) is 11.7. The second-order valence-corrected chi connectivity index (χ2v) is 5.49. The van der Waals surface area contributed by atoms with Crippen LogP contribution in [0.25, 0.3) is 0 Å². The summed E-state index contributed by atoms with van der Waals surface area (Å²) in [5.41, 5.74) is 1.88. The summed E-state index contributed by atoms with van der Waals surface area (Å²) in [5, 5.41) is 6.62. The lowest BCUT2D eigenvalue weighted by Crippen LogP contribution is -2.17. The van der Waals surface area contributed by atoms with Crippen LogP contribution in [0.4, 0.5) is 5.69 Å². The fraction of sp³-hybridized carbons (Fsp3) is 0.625. The molecule has 0 spiro atoms. The maximum Gasteiger partial charge on any atom is 0.232 e. The molecule has 15 heavy (non-hydrogen) atoms. The largest absolute Gasteiger partial charge is 0.280 e. The predicted molar refractivity (Wildman–Crippen MR) is 60.8 cm³/mol. The number of hydrogen-bond donors (Lipinski definition) is 2. The maximum atomic E-state index is 11.5. The van der Waals surface area contributed by atoms with Gasteiger partial charge < -0.3 is 0 Å². The van der Waals surface area contributed by atoms with Crippen LogP contribution in [0.2, 0.25) is 0 Å². The molecule has 1 aromatic rings. The third-order valence-electron chi connectivity index (χ3n) is 1.93. The van der Waals surface area contributed by atoms with Crippen LogP contribution in [0, 0.1) is 13.8 Å². The van der Waals surface area contributed by atoms with Crippen LogP contribution in [0.1, 0.15) is 17.8 Å². The zero-order valence-electron chi connectivity index (χ0n) is 8.67. The van der Waals surface area contributed by atoms with Crippen LogP contribution < -0.4 is 4.72 Å². The Balaban J connectivity index is 2.77. The van der Waals surface area contributed by atoms with Crippen LogP contribution in [-0.4, -0.2) is 30.2 Å². The van der Waals surface area contributed by atoms with Gasteiger partial charge in [-0.3, -0.25) is 9.82 Å². The number of aromatic nitrogens is 2. The van der Waals surface area contributed by atoms with Crippen molar-refractivity contribution in [3.05, 3.63) is 11.4 Å². The van der Waals surface area contributed by atoms with Crippen LogP contribution in [0.15, 0.2) is 0 Å². The van der Waals surface area contributed by atoms with Gasteiger partial charge in [0, 0.05) is 5.88 Å². The first-order chi connectivity index (χ1) is 6.96. The summed E-state index contributed by atoms with van der Waals surface area (Å²) in [6.07, 6.45) is 0.437. The van der Waals surface area contributed by atoms with E-state index in [0.29, 0.717) is 29.4 Å². The van der Waals surface area contributed by atoms with Gasteiger partial charge in [0.2, 0.25) is 10.0 Å². The quantitative estimate of drug-likeness (QED) is 0.777. The average molecular weight is 252 g/mol. The Hall–Kier alpha value is -0.750. The van der Waals surface area contributed by atoms with Gasteiger partial charge in [-0.2, -0.15) is 5.10 Å². The molecule has 86 valence electrons. The molecule has 0 aliphatic heterocycles. The summed E-state index contributed by atoms with van der Waals surface area (Å²) in [6.45, 7) is 3.50. The van der Waals surface area contributed by atoms with Gasteiger partial charge in [0.05, 0.1) is 22.8 Å². The minimum Gasteiger partial charge on any atom is -0.280 e. The lowest BCUT2D eigenvalue weighted by atomic mass is 10.3. The Kier molecular flexibility index (Phi) is 3.98. The molecule has 0 atom stereocenters. The first kappa shape index (κ1) is 12.3. The topological polar surface area (TPSA) is 74.8 Å². The Bertz CT molecular complexity index is 408. The predicted octanol–water partition coefficient (Wildman–Crippen LogP) is 1.40. The van der Waals surface area contributed by atoms with Crippen molar-refractivity contribution < 1.29 is 8.42 Å². The summed E-state index contributed by atoms with van der Waals surface area (Å²) in [6, 6.07) is 0. The molecule has 1 rings (SSSR count). The SMILES string of the molecule is Cc1n[nH]c(C)c1NS(=O)(=O)CCCCl. The third kappa shape index (κ3) is 3.39. The fourth-order valence-corrected chi connectivity index (χ4v) is 2.68. The highest BCUT2D eigenvalue weighted by Gasteiger charge is 2.14. The second kappa shape index (κ2) is 4.85. The number of alkyl halides is 1. The molecule has 0 saturated heterocycles. The molecule has 0 amide bonds. The molecule has 1 heterocycles. The molecular formula is C8H14ClN3O2S. The van der Waals surface area contributed by atoms with Gasteiger partial charge in [-0.05, 0) is 20.3 Å². The molecule has 1 aromatic heterocycles. The van der Waals surface area contributed by atoms with Crippen molar-refractivity contribution in [2.24, 2.45) is 0 Å². The lowest BCUT2D eigenvalue weighted by molar-refractivity contribution is 0.600. The molecule has 0 fully saturated rings. The molecule has 0 aromatic carbocycles. The van der Waals surface area contributed by atoms with Crippen LogP contribution in [0.3, 0.4) is 0 Å². The van der Waals surface area contributed by atoms with E-state index < -0.39 is 10.0 Å². The number of aryl methyl sites for hydroxylation is 2. The van der Waals surface area contributed by atoms with E-state index in [1.54, 1.807) is 13.8 Å². The molecule has 0 aliphatic rings. The number of H-pyrrole nitrogens is 1. The van der Waals surface area contributed by atoms with Gasteiger partial charge in [-0.15, -0.1) is 11.6 Å². The summed E-state index contributed by atoms with van der Waals surface area (Å²) in [5.74, 6) is 0.366. The fourth-order valence-electron chi connectivity index (χ4n) is 1.15. The molecule has 0 unspecified atom stereocenters. The van der Waals surface area contributed by atoms with E-state index in [-0.39, 0.29) is 5.75 Å². The van der Waals surface area contributed by atoms with Crippen molar-refractivity contribution in [3.63, 3.8) is 0 Å². The summed E-state index contributed by atoms with van der Waals surface area (Å²) in [4.78, 5) is 0. The smallest absolute Gasteiger partial charge is 0.232 e. The van der Waals surface area contributed by atoms with E-state index in [4.69, 9.17) is 11.6 Å². The highest BCUT2D eigenvalue weighted by Crippen LogP contribution is 2.17. The highest BCUT2D eigenvalue weighted by molar-refractivity contribution is 7.92. The monoisotopic (exact) mass is 251 g/mol. The van der Waals surface area contributed by atoms with Gasteiger partial charge in [0.25, 0.3) is 0 Å². The third-order valence-corrected chi connectivity index (χ3v) is 3.54. The number of rotatable bonds is 5. The Morgan fingerprint density at radius 3 is 2.60 bits per heavy atom. The number of anilines is 1. The first-order valence-corrected chi connectivity index (χ1v) is 6.73. The van der Waals surface area contributed by atoms with Crippen LogP contribution >= 0.6 is 11.6 Å². The average Bonchev–Trinajstić information content (AvgIpc) is 2.46. The van der Waals surface area contributed by atoms with E-state index in [1.165, 1.54) is 0 Å². The molecule has 7 heteroatoms. The minimum atomic E-state index is -3.31. The van der Waals surface area contributed by atoms with Crippen molar-refractivity contribution in [2.45, 2.75) is 20.3 Å².